The molecule has 1 saturated heterocycles. The molecule has 0 spiro atoms. The third kappa shape index (κ3) is 3.37. The van der Waals surface area contributed by atoms with Gasteiger partial charge in [-0.3, -0.25) is 9.69 Å². The molecule has 0 aromatic heterocycles. The van der Waals surface area contributed by atoms with Crippen molar-refractivity contribution in [2.75, 3.05) is 13.1 Å². The molecule has 1 heterocycles. The van der Waals surface area contributed by atoms with Crippen LogP contribution in [0, 0.1) is 0 Å². The predicted octanol–water partition coefficient (Wildman–Crippen LogP) is 2.92. The van der Waals surface area contributed by atoms with Crippen LogP contribution in [0.2, 0.25) is 0 Å². The zero-order valence-electron chi connectivity index (χ0n) is 13.0. The molecule has 3 heteroatoms. The fourth-order valence-corrected chi connectivity index (χ4v) is 2.97. The molecule has 1 amide bonds. The van der Waals surface area contributed by atoms with Crippen molar-refractivity contribution in [1.82, 2.24) is 9.80 Å². The van der Waals surface area contributed by atoms with Crippen molar-refractivity contribution in [2.24, 2.45) is 0 Å². The van der Waals surface area contributed by atoms with Crippen LogP contribution >= 0.6 is 0 Å². The van der Waals surface area contributed by atoms with Gasteiger partial charge in [0.25, 0.3) is 0 Å². The van der Waals surface area contributed by atoms with Crippen molar-refractivity contribution in [3.63, 3.8) is 0 Å². The van der Waals surface area contributed by atoms with Crippen LogP contribution < -0.4 is 0 Å². The first-order chi connectivity index (χ1) is 10.7. The zero-order valence-corrected chi connectivity index (χ0v) is 13.0. The van der Waals surface area contributed by atoms with E-state index in [4.69, 9.17) is 0 Å². The maximum atomic E-state index is 12.6. The van der Waals surface area contributed by atoms with E-state index in [0.717, 1.165) is 19.6 Å². The third-order valence-electron chi connectivity index (χ3n) is 4.32. The van der Waals surface area contributed by atoms with E-state index in [1.807, 2.05) is 48.2 Å². The van der Waals surface area contributed by atoms with Gasteiger partial charge in [0.2, 0.25) is 5.91 Å². The average Bonchev–Trinajstić information content (AvgIpc) is 2.56. The summed E-state index contributed by atoms with van der Waals surface area (Å²) in [6.07, 6.45) is 0. The maximum absolute atomic E-state index is 12.6. The molecule has 0 aliphatic carbocycles. The van der Waals surface area contributed by atoms with Crippen LogP contribution in [0.5, 0.6) is 0 Å². The topological polar surface area (TPSA) is 23.6 Å². The molecule has 22 heavy (non-hydrogen) atoms. The van der Waals surface area contributed by atoms with Crippen molar-refractivity contribution in [3.05, 3.63) is 71.8 Å². The lowest BCUT2D eigenvalue weighted by Crippen LogP contribution is -2.54. The summed E-state index contributed by atoms with van der Waals surface area (Å²) in [4.78, 5) is 16.9. The molecule has 114 valence electrons. The number of carbonyl (C=O) groups excluding carboxylic acids is 1. The molecule has 0 saturated carbocycles. The van der Waals surface area contributed by atoms with Gasteiger partial charge < -0.3 is 4.90 Å². The number of carbonyl (C=O) groups is 1. The molecule has 2 aromatic rings. The molecular formula is C19H22N2O. The van der Waals surface area contributed by atoms with E-state index in [1.54, 1.807) is 0 Å². The Morgan fingerprint density at radius 3 is 2.00 bits per heavy atom. The Bertz CT molecular complexity index is 612. The Morgan fingerprint density at radius 2 is 1.41 bits per heavy atom. The highest BCUT2D eigenvalue weighted by Gasteiger charge is 2.31. The van der Waals surface area contributed by atoms with Gasteiger partial charge in [0, 0.05) is 26.2 Å². The van der Waals surface area contributed by atoms with E-state index in [0.29, 0.717) is 6.54 Å². The number of hydrogen-bond donors (Lipinski definition) is 0. The highest BCUT2D eigenvalue weighted by Crippen LogP contribution is 2.17. The van der Waals surface area contributed by atoms with Gasteiger partial charge >= 0.3 is 0 Å². The summed E-state index contributed by atoms with van der Waals surface area (Å²) in [7, 11) is 0. The van der Waals surface area contributed by atoms with Crippen LogP contribution in [0.4, 0.5) is 0 Å². The number of piperazine rings is 1. The van der Waals surface area contributed by atoms with Gasteiger partial charge in [-0.2, -0.15) is 0 Å². The molecule has 1 aliphatic heterocycles. The predicted molar refractivity (Wildman–Crippen MR) is 88.2 cm³/mol. The van der Waals surface area contributed by atoms with Crippen molar-refractivity contribution in [3.8, 4) is 0 Å². The monoisotopic (exact) mass is 294 g/mol. The molecule has 0 N–H and O–H groups in total. The molecule has 1 fully saturated rings. The van der Waals surface area contributed by atoms with Gasteiger partial charge in [-0.25, -0.2) is 0 Å². The Hall–Kier alpha value is -2.13. The lowest BCUT2D eigenvalue weighted by atomic mass is 10.1. The minimum absolute atomic E-state index is 0.0577. The number of amides is 1. The minimum Gasteiger partial charge on any atom is -0.336 e. The van der Waals surface area contributed by atoms with Crippen LogP contribution in [-0.4, -0.2) is 34.8 Å². The van der Waals surface area contributed by atoms with Gasteiger partial charge in [-0.15, -0.1) is 0 Å². The van der Waals surface area contributed by atoms with Crippen LogP contribution in [0.1, 0.15) is 18.1 Å². The maximum Gasteiger partial charge on any atom is 0.239 e. The lowest BCUT2D eigenvalue weighted by Gasteiger charge is -2.39. The zero-order chi connectivity index (χ0) is 15.4. The highest BCUT2D eigenvalue weighted by molar-refractivity contribution is 5.82. The van der Waals surface area contributed by atoms with E-state index >= 15 is 0 Å². The van der Waals surface area contributed by atoms with Gasteiger partial charge in [0.05, 0.1) is 6.04 Å². The number of rotatable bonds is 4. The van der Waals surface area contributed by atoms with Crippen molar-refractivity contribution in [1.29, 1.82) is 0 Å². The lowest BCUT2D eigenvalue weighted by molar-refractivity contribution is -0.142. The number of nitrogens with zero attached hydrogens (tertiary/aromatic N) is 2. The van der Waals surface area contributed by atoms with Crippen molar-refractivity contribution < 1.29 is 4.79 Å². The number of benzene rings is 2. The second-order valence-electron chi connectivity index (χ2n) is 5.88. The van der Waals surface area contributed by atoms with Crippen LogP contribution in [0.15, 0.2) is 60.7 Å². The van der Waals surface area contributed by atoms with E-state index in [-0.39, 0.29) is 11.9 Å². The van der Waals surface area contributed by atoms with Gasteiger partial charge in [0.15, 0.2) is 0 Å². The molecule has 0 radical (unpaired) electrons. The molecule has 3 nitrogen and oxygen atoms in total. The van der Waals surface area contributed by atoms with Crippen LogP contribution in [-0.2, 0) is 17.9 Å². The fraction of sp³-hybridized carbons (Fsp3) is 0.316. The first-order valence-electron chi connectivity index (χ1n) is 7.85. The highest BCUT2D eigenvalue weighted by atomic mass is 16.2. The van der Waals surface area contributed by atoms with Gasteiger partial charge in [-0.1, -0.05) is 60.7 Å². The van der Waals surface area contributed by atoms with Crippen LogP contribution in [0.3, 0.4) is 0 Å². The quantitative estimate of drug-likeness (QED) is 0.865. The first-order valence-corrected chi connectivity index (χ1v) is 7.85. The summed E-state index contributed by atoms with van der Waals surface area (Å²) in [6.45, 7) is 5.29. The Kier molecular flexibility index (Phi) is 4.54. The Balaban J connectivity index is 1.63. The Labute approximate surface area is 132 Å². The Morgan fingerprint density at radius 1 is 0.864 bits per heavy atom. The van der Waals surface area contributed by atoms with E-state index in [9.17, 15) is 4.79 Å². The van der Waals surface area contributed by atoms with E-state index in [2.05, 4.69) is 29.2 Å². The fourth-order valence-electron chi connectivity index (χ4n) is 2.97. The third-order valence-corrected chi connectivity index (χ3v) is 4.32. The normalized spacial score (nSPS) is 19.4. The summed E-state index contributed by atoms with van der Waals surface area (Å²) in [6, 6.07) is 20.5. The summed E-state index contributed by atoms with van der Waals surface area (Å²) in [5.74, 6) is 0.228. The molecule has 2 aromatic carbocycles. The largest absolute Gasteiger partial charge is 0.336 e. The van der Waals surface area contributed by atoms with Crippen molar-refractivity contribution in [2.45, 2.75) is 26.1 Å². The molecule has 1 unspecified atom stereocenters. The first kappa shape index (κ1) is 14.8. The molecule has 0 bridgehead atoms. The summed E-state index contributed by atoms with van der Waals surface area (Å²) >= 11 is 0. The minimum atomic E-state index is -0.0577. The SMILES string of the molecule is CC1C(=O)N(Cc2ccccc2)CCN1Cc1ccccc1. The summed E-state index contributed by atoms with van der Waals surface area (Å²) in [5.41, 5.74) is 2.46. The number of hydrogen-bond acceptors (Lipinski definition) is 2. The molecular weight excluding hydrogens is 272 g/mol. The van der Waals surface area contributed by atoms with E-state index < -0.39 is 0 Å². The van der Waals surface area contributed by atoms with Crippen LogP contribution in [0.25, 0.3) is 0 Å². The summed E-state index contributed by atoms with van der Waals surface area (Å²) < 4.78 is 0. The van der Waals surface area contributed by atoms with Gasteiger partial charge in [0.1, 0.15) is 0 Å². The molecule has 1 aliphatic rings. The molecule has 3 rings (SSSR count). The molecule has 1 atom stereocenters. The summed E-state index contributed by atoms with van der Waals surface area (Å²) in [5, 5.41) is 0. The second-order valence-corrected chi connectivity index (χ2v) is 5.88. The van der Waals surface area contributed by atoms with Gasteiger partial charge in [-0.05, 0) is 18.1 Å². The second kappa shape index (κ2) is 6.75. The van der Waals surface area contributed by atoms with E-state index in [1.165, 1.54) is 11.1 Å². The standard InChI is InChI=1S/C19H22N2O/c1-16-19(22)21(15-18-10-6-3-7-11-18)13-12-20(16)14-17-8-4-2-5-9-17/h2-11,16H,12-15H2,1H3. The van der Waals surface area contributed by atoms with Crippen molar-refractivity contribution >= 4 is 5.91 Å². The smallest absolute Gasteiger partial charge is 0.239 e. The average molecular weight is 294 g/mol.